The van der Waals surface area contributed by atoms with Crippen molar-refractivity contribution in [2.75, 3.05) is 6.54 Å². The Bertz CT molecular complexity index is 1160. The Hall–Kier alpha value is -3.59. The maximum absolute atomic E-state index is 13.4. The zero-order valence-corrected chi connectivity index (χ0v) is 19.1. The molecule has 2 aliphatic rings. The summed E-state index contributed by atoms with van der Waals surface area (Å²) in [5.74, 6) is -2.99. The van der Waals surface area contributed by atoms with Crippen molar-refractivity contribution >= 4 is 40.8 Å². The molecule has 1 aliphatic carbocycles. The Morgan fingerprint density at radius 2 is 1.59 bits per heavy atom. The van der Waals surface area contributed by atoms with Crippen LogP contribution in [0.25, 0.3) is 0 Å². The van der Waals surface area contributed by atoms with E-state index in [2.05, 4.69) is 0 Å². The molecule has 3 atom stereocenters. The number of non-ortho nitro benzene ring substituents is 1. The summed E-state index contributed by atoms with van der Waals surface area (Å²) in [5, 5.41) is 13.0. The van der Waals surface area contributed by atoms with Gasteiger partial charge in [-0.15, -0.1) is 0 Å². The summed E-state index contributed by atoms with van der Waals surface area (Å²) in [6.45, 7) is 1.44. The summed E-state index contributed by atoms with van der Waals surface area (Å²) in [5.41, 5.74) is 0.0862. The Labute approximate surface area is 200 Å². The van der Waals surface area contributed by atoms with Crippen LogP contribution in [0.2, 0.25) is 5.02 Å². The first-order valence-corrected chi connectivity index (χ1v) is 11.3. The van der Waals surface area contributed by atoms with Crippen LogP contribution in [0.4, 0.5) is 5.69 Å². The molecule has 1 heterocycles. The number of carbonyl (C=O) groups is 4. The van der Waals surface area contributed by atoms with Gasteiger partial charge in [-0.25, -0.2) is 5.01 Å². The third-order valence-electron chi connectivity index (χ3n) is 6.42. The Morgan fingerprint density at radius 3 is 2.21 bits per heavy atom. The van der Waals surface area contributed by atoms with Gasteiger partial charge in [-0.2, -0.15) is 5.01 Å². The lowest BCUT2D eigenvalue weighted by molar-refractivity contribution is -0.384. The van der Waals surface area contributed by atoms with Gasteiger partial charge in [-0.05, 0) is 61.6 Å². The first-order chi connectivity index (χ1) is 16.2. The van der Waals surface area contributed by atoms with Crippen molar-refractivity contribution in [1.29, 1.82) is 0 Å². The number of hydrogen-bond donors (Lipinski definition) is 0. The second-order valence-electron chi connectivity index (χ2n) is 8.72. The third kappa shape index (κ3) is 4.43. The molecule has 2 aromatic carbocycles. The molecule has 2 aromatic rings. The molecule has 34 heavy (non-hydrogen) atoms. The van der Waals surface area contributed by atoms with Gasteiger partial charge in [0, 0.05) is 28.3 Å². The predicted octanol–water partition coefficient (Wildman–Crippen LogP) is 3.91. The van der Waals surface area contributed by atoms with Gasteiger partial charge in [0.05, 0.1) is 16.8 Å². The molecule has 1 saturated heterocycles. The fourth-order valence-corrected chi connectivity index (χ4v) is 4.71. The fourth-order valence-electron chi connectivity index (χ4n) is 4.58. The Kier molecular flexibility index (Phi) is 6.47. The number of nitro groups is 1. The van der Waals surface area contributed by atoms with E-state index in [9.17, 15) is 29.3 Å². The van der Waals surface area contributed by atoms with Crippen LogP contribution < -0.4 is 0 Å². The molecule has 0 radical (unpaired) electrons. The molecule has 0 unspecified atom stereocenters. The molecule has 0 bridgehead atoms. The minimum absolute atomic E-state index is 0.115. The second-order valence-corrected chi connectivity index (χ2v) is 9.15. The molecule has 10 heteroatoms. The SMILES string of the molecule is C[C@@H]1CC[C@@H]2C(=O)N(N(CC(=O)c3ccc([N+](=O)[O-])cc3)C(=O)c3ccc(Cl)cc3)C(=O)[C@@H]2C1. The van der Waals surface area contributed by atoms with Crippen LogP contribution in [-0.4, -0.2) is 45.0 Å². The number of halogens is 1. The first kappa shape index (κ1) is 23.6. The number of nitrogens with zero attached hydrogens (tertiary/aromatic N) is 3. The second kappa shape index (κ2) is 9.34. The normalized spacial score (nSPS) is 21.8. The third-order valence-corrected chi connectivity index (χ3v) is 6.68. The van der Waals surface area contributed by atoms with Crippen LogP contribution in [0, 0.1) is 27.9 Å². The Balaban J connectivity index is 1.67. The summed E-state index contributed by atoms with van der Waals surface area (Å²) < 4.78 is 0. The number of Topliss-reactive ketones (excluding diaryl/α,β-unsaturated/α-hetero) is 1. The largest absolute Gasteiger partial charge is 0.292 e. The Morgan fingerprint density at radius 1 is 1.00 bits per heavy atom. The molecule has 4 rings (SSSR count). The van der Waals surface area contributed by atoms with E-state index >= 15 is 0 Å². The van der Waals surface area contributed by atoms with Gasteiger partial charge in [0.1, 0.15) is 6.54 Å². The predicted molar refractivity (Wildman–Crippen MR) is 122 cm³/mol. The van der Waals surface area contributed by atoms with Gasteiger partial charge < -0.3 is 0 Å². The van der Waals surface area contributed by atoms with Crippen molar-refractivity contribution in [3.8, 4) is 0 Å². The number of rotatable bonds is 6. The number of hydrogen-bond acceptors (Lipinski definition) is 6. The number of imide groups is 1. The maximum atomic E-state index is 13.4. The van der Waals surface area contributed by atoms with Crippen LogP contribution in [-0.2, 0) is 9.59 Å². The van der Waals surface area contributed by atoms with Crippen molar-refractivity contribution in [3.05, 3.63) is 74.8 Å². The molecule has 0 N–H and O–H groups in total. The van der Waals surface area contributed by atoms with Crippen molar-refractivity contribution in [2.24, 2.45) is 17.8 Å². The van der Waals surface area contributed by atoms with Crippen molar-refractivity contribution in [1.82, 2.24) is 10.0 Å². The highest BCUT2D eigenvalue weighted by molar-refractivity contribution is 6.30. The number of fused-ring (bicyclic) bond motifs is 1. The van der Waals surface area contributed by atoms with E-state index in [1.165, 1.54) is 48.5 Å². The number of carbonyl (C=O) groups excluding carboxylic acids is 4. The van der Waals surface area contributed by atoms with E-state index in [4.69, 9.17) is 11.6 Å². The van der Waals surface area contributed by atoms with Crippen LogP contribution in [0.3, 0.4) is 0 Å². The minimum Gasteiger partial charge on any atom is -0.292 e. The standard InChI is InChI=1S/C24H22ClN3O6/c1-14-2-11-19-20(12-14)24(32)27(23(19)31)26(22(30)16-3-7-17(25)8-4-16)13-21(29)15-5-9-18(10-6-15)28(33)34/h3-10,14,19-20H,2,11-13H2,1H3/t14-,19+,20-/m1/s1. The smallest absolute Gasteiger partial charge is 0.273 e. The van der Waals surface area contributed by atoms with Gasteiger partial charge in [0.2, 0.25) is 0 Å². The van der Waals surface area contributed by atoms with Gasteiger partial charge in [-0.1, -0.05) is 18.5 Å². The lowest BCUT2D eigenvalue weighted by Gasteiger charge is -2.30. The highest BCUT2D eigenvalue weighted by atomic mass is 35.5. The molecule has 0 aromatic heterocycles. The lowest BCUT2D eigenvalue weighted by atomic mass is 9.76. The van der Waals surface area contributed by atoms with Crippen LogP contribution in [0.5, 0.6) is 0 Å². The molecule has 9 nitrogen and oxygen atoms in total. The van der Waals surface area contributed by atoms with Gasteiger partial charge in [0.25, 0.3) is 23.4 Å². The maximum Gasteiger partial charge on any atom is 0.273 e. The molecule has 0 spiro atoms. The number of ketones is 1. The quantitative estimate of drug-likeness (QED) is 0.266. The fraction of sp³-hybridized carbons (Fsp3) is 0.333. The number of hydrazine groups is 1. The first-order valence-electron chi connectivity index (χ1n) is 10.9. The number of nitro benzene ring substituents is 1. The summed E-state index contributed by atoms with van der Waals surface area (Å²) >= 11 is 5.92. The van der Waals surface area contributed by atoms with Crippen LogP contribution in [0.1, 0.15) is 46.9 Å². The van der Waals surface area contributed by atoms with Crippen molar-refractivity contribution < 1.29 is 24.1 Å². The zero-order valence-electron chi connectivity index (χ0n) is 18.3. The van der Waals surface area contributed by atoms with Crippen molar-refractivity contribution in [2.45, 2.75) is 26.2 Å². The van der Waals surface area contributed by atoms with E-state index in [0.717, 1.165) is 16.4 Å². The van der Waals surface area contributed by atoms with E-state index in [-0.39, 0.29) is 22.7 Å². The summed E-state index contributed by atoms with van der Waals surface area (Å²) in [4.78, 5) is 63.2. The monoisotopic (exact) mass is 483 g/mol. The molecule has 3 amide bonds. The number of benzene rings is 2. The van der Waals surface area contributed by atoms with Crippen LogP contribution >= 0.6 is 11.6 Å². The van der Waals surface area contributed by atoms with E-state index < -0.39 is 46.8 Å². The van der Waals surface area contributed by atoms with Gasteiger partial charge >= 0.3 is 0 Å². The van der Waals surface area contributed by atoms with E-state index in [1.54, 1.807) is 0 Å². The summed E-state index contributed by atoms with van der Waals surface area (Å²) in [6.07, 6.45) is 1.90. The molecule has 1 saturated carbocycles. The average molecular weight is 484 g/mol. The highest BCUT2D eigenvalue weighted by Crippen LogP contribution is 2.41. The average Bonchev–Trinajstić information content (AvgIpc) is 3.06. The van der Waals surface area contributed by atoms with Crippen LogP contribution in [0.15, 0.2) is 48.5 Å². The summed E-state index contributed by atoms with van der Waals surface area (Å²) in [7, 11) is 0. The highest BCUT2D eigenvalue weighted by Gasteiger charge is 2.52. The molecule has 176 valence electrons. The van der Waals surface area contributed by atoms with Gasteiger partial charge in [-0.3, -0.25) is 29.3 Å². The molecular formula is C24H22ClN3O6. The lowest BCUT2D eigenvalue weighted by Crippen LogP contribution is -2.52. The summed E-state index contributed by atoms with van der Waals surface area (Å²) in [6, 6.07) is 10.8. The zero-order chi connectivity index (χ0) is 24.6. The van der Waals surface area contributed by atoms with E-state index in [0.29, 0.717) is 17.9 Å². The molecular weight excluding hydrogens is 462 g/mol. The van der Waals surface area contributed by atoms with E-state index in [1.807, 2.05) is 6.92 Å². The van der Waals surface area contributed by atoms with Crippen molar-refractivity contribution in [3.63, 3.8) is 0 Å². The molecule has 2 fully saturated rings. The molecule has 1 aliphatic heterocycles. The van der Waals surface area contributed by atoms with Gasteiger partial charge in [0.15, 0.2) is 5.78 Å². The number of amides is 3. The topological polar surface area (TPSA) is 118 Å². The minimum atomic E-state index is -0.694.